The molecule has 0 aliphatic carbocycles. The van der Waals surface area contributed by atoms with E-state index < -0.39 is 0 Å². The zero-order valence-corrected chi connectivity index (χ0v) is 12.4. The highest BCUT2D eigenvalue weighted by Crippen LogP contribution is 2.24. The molecule has 2 rings (SSSR count). The molecule has 20 heavy (non-hydrogen) atoms. The molecule has 1 heterocycles. The van der Waals surface area contributed by atoms with E-state index in [0.29, 0.717) is 12.5 Å². The first-order valence-electron chi connectivity index (χ1n) is 6.63. The van der Waals surface area contributed by atoms with Crippen LogP contribution in [-0.2, 0) is 13.0 Å². The van der Waals surface area contributed by atoms with E-state index in [0.717, 1.165) is 34.8 Å². The van der Waals surface area contributed by atoms with Crippen LogP contribution in [-0.4, -0.2) is 17.0 Å². The Bertz CT molecular complexity index is 558. The number of anilines is 1. The van der Waals surface area contributed by atoms with E-state index in [2.05, 4.69) is 22.2 Å². The molecule has 106 valence electrons. The number of benzene rings is 1. The van der Waals surface area contributed by atoms with E-state index in [1.165, 1.54) is 6.33 Å². The molecule has 1 aromatic carbocycles. The van der Waals surface area contributed by atoms with Gasteiger partial charge in [-0.05, 0) is 24.1 Å². The third kappa shape index (κ3) is 3.61. The largest absolute Gasteiger partial charge is 0.472 e. The lowest BCUT2D eigenvalue weighted by atomic mass is 10.1. The number of nitrogens with one attached hydrogen (secondary N) is 1. The van der Waals surface area contributed by atoms with Gasteiger partial charge in [-0.15, -0.1) is 0 Å². The van der Waals surface area contributed by atoms with E-state index >= 15 is 0 Å². The molecule has 4 nitrogen and oxygen atoms in total. The van der Waals surface area contributed by atoms with Crippen LogP contribution in [0.15, 0.2) is 30.6 Å². The molecule has 0 aliphatic heterocycles. The van der Waals surface area contributed by atoms with Crippen LogP contribution in [0.1, 0.15) is 24.5 Å². The quantitative estimate of drug-likeness (QED) is 0.881. The zero-order valence-electron chi connectivity index (χ0n) is 11.7. The summed E-state index contributed by atoms with van der Waals surface area (Å²) in [6.07, 6.45) is 3.41. The molecule has 0 spiro atoms. The standard InChI is InChI=1S/C15H18ClN3O/c1-3-4-13-14(17-2)18-10-19-15(13)20-9-11-5-7-12(16)8-6-11/h5-8,10H,3-4,9H2,1-2H3,(H,17,18,19). The minimum atomic E-state index is 0.466. The maximum absolute atomic E-state index is 5.87. The Morgan fingerprint density at radius 3 is 2.60 bits per heavy atom. The van der Waals surface area contributed by atoms with Gasteiger partial charge in [0.1, 0.15) is 18.8 Å². The average Bonchev–Trinajstić information content (AvgIpc) is 2.48. The summed E-state index contributed by atoms with van der Waals surface area (Å²) in [6, 6.07) is 7.60. The highest BCUT2D eigenvalue weighted by molar-refractivity contribution is 6.30. The number of rotatable bonds is 6. The minimum absolute atomic E-state index is 0.466. The van der Waals surface area contributed by atoms with Crippen molar-refractivity contribution in [3.8, 4) is 5.88 Å². The van der Waals surface area contributed by atoms with E-state index in [9.17, 15) is 0 Å². The van der Waals surface area contributed by atoms with Crippen molar-refractivity contribution in [3.63, 3.8) is 0 Å². The van der Waals surface area contributed by atoms with Gasteiger partial charge in [-0.2, -0.15) is 0 Å². The fourth-order valence-corrected chi connectivity index (χ4v) is 2.07. The lowest BCUT2D eigenvalue weighted by Gasteiger charge is -2.12. The Balaban J connectivity index is 2.14. The van der Waals surface area contributed by atoms with Gasteiger partial charge >= 0.3 is 0 Å². The molecule has 0 unspecified atom stereocenters. The molecular formula is C15H18ClN3O. The van der Waals surface area contributed by atoms with Crippen LogP contribution >= 0.6 is 11.6 Å². The minimum Gasteiger partial charge on any atom is -0.472 e. The molecule has 1 aromatic heterocycles. The summed E-state index contributed by atoms with van der Waals surface area (Å²) < 4.78 is 5.82. The lowest BCUT2D eigenvalue weighted by Crippen LogP contribution is -2.05. The topological polar surface area (TPSA) is 47.0 Å². The molecule has 0 saturated carbocycles. The third-order valence-corrected chi connectivity index (χ3v) is 3.18. The Morgan fingerprint density at radius 2 is 1.95 bits per heavy atom. The van der Waals surface area contributed by atoms with Gasteiger partial charge in [0.15, 0.2) is 0 Å². The molecule has 0 fully saturated rings. The van der Waals surface area contributed by atoms with Crippen LogP contribution < -0.4 is 10.1 Å². The summed E-state index contributed by atoms with van der Waals surface area (Å²) in [6.45, 7) is 2.59. The van der Waals surface area contributed by atoms with Crippen molar-refractivity contribution in [1.29, 1.82) is 0 Å². The SMILES string of the molecule is CCCc1c(NC)ncnc1OCc1ccc(Cl)cc1. The molecule has 0 saturated heterocycles. The smallest absolute Gasteiger partial charge is 0.222 e. The van der Waals surface area contributed by atoms with Crippen LogP contribution in [0.2, 0.25) is 5.02 Å². The normalized spacial score (nSPS) is 10.3. The average molecular weight is 292 g/mol. The van der Waals surface area contributed by atoms with Crippen molar-refractivity contribution in [2.45, 2.75) is 26.4 Å². The van der Waals surface area contributed by atoms with E-state index in [4.69, 9.17) is 16.3 Å². The third-order valence-electron chi connectivity index (χ3n) is 2.93. The van der Waals surface area contributed by atoms with Gasteiger partial charge in [0, 0.05) is 12.1 Å². The van der Waals surface area contributed by atoms with Crippen LogP contribution in [0.25, 0.3) is 0 Å². The first-order chi connectivity index (χ1) is 9.74. The van der Waals surface area contributed by atoms with Gasteiger partial charge in [-0.25, -0.2) is 9.97 Å². The second-order valence-electron chi connectivity index (χ2n) is 4.42. The Hall–Kier alpha value is -1.81. The van der Waals surface area contributed by atoms with Crippen molar-refractivity contribution in [2.75, 3.05) is 12.4 Å². The summed E-state index contributed by atoms with van der Waals surface area (Å²) in [5.41, 5.74) is 2.08. The first-order valence-corrected chi connectivity index (χ1v) is 7.01. The number of ether oxygens (including phenoxy) is 1. The summed E-state index contributed by atoms with van der Waals surface area (Å²) in [5, 5.41) is 3.80. The molecule has 0 amide bonds. The monoisotopic (exact) mass is 291 g/mol. The van der Waals surface area contributed by atoms with Gasteiger partial charge in [0.05, 0.1) is 5.56 Å². The fourth-order valence-electron chi connectivity index (χ4n) is 1.94. The first kappa shape index (κ1) is 14.6. The Morgan fingerprint density at radius 1 is 1.20 bits per heavy atom. The van der Waals surface area contributed by atoms with Crippen molar-refractivity contribution in [2.24, 2.45) is 0 Å². The van der Waals surface area contributed by atoms with Crippen molar-refractivity contribution < 1.29 is 4.74 Å². The highest BCUT2D eigenvalue weighted by atomic mass is 35.5. The molecule has 0 radical (unpaired) electrons. The molecule has 5 heteroatoms. The van der Waals surface area contributed by atoms with Crippen molar-refractivity contribution in [1.82, 2.24) is 9.97 Å². The second kappa shape index (κ2) is 7.10. The predicted octanol–water partition coefficient (Wildman–Crippen LogP) is 3.70. The summed E-state index contributed by atoms with van der Waals surface area (Å²) in [4.78, 5) is 8.46. The summed E-state index contributed by atoms with van der Waals surface area (Å²) in [5.74, 6) is 1.47. The molecule has 0 aliphatic rings. The number of aromatic nitrogens is 2. The highest BCUT2D eigenvalue weighted by Gasteiger charge is 2.11. The van der Waals surface area contributed by atoms with Crippen LogP contribution in [0.5, 0.6) is 5.88 Å². The predicted molar refractivity (Wildman–Crippen MR) is 81.4 cm³/mol. The Labute approximate surface area is 124 Å². The molecule has 2 aromatic rings. The molecule has 0 bridgehead atoms. The second-order valence-corrected chi connectivity index (χ2v) is 4.86. The van der Waals surface area contributed by atoms with Crippen molar-refractivity contribution in [3.05, 3.63) is 46.7 Å². The lowest BCUT2D eigenvalue weighted by molar-refractivity contribution is 0.290. The van der Waals surface area contributed by atoms with Gasteiger partial charge in [-0.3, -0.25) is 0 Å². The van der Waals surface area contributed by atoms with Crippen LogP contribution in [0.3, 0.4) is 0 Å². The molecular weight excluding hydrogens is 274 g/mol. The number of hydrogen-bond donors (Lipinski definition) is 1. The van der Waals surface area contributed by atoms with E-state index in [1.807, 2.05) is 31.3 Å². The maximum Gasteiger partial charge on any atom is 0.222 e. The molecule has 0 atom stereocenters. The number of nitrogens with zero attached hydrogens (tertiary/aromatic N) is 2. The van der Waals surface area contributed by atoms with Crippen LogP contribution in [0, 0.1) is 0 Å². The van der Waals surface area contributed by atoms with Gasteiger partial charge in [0.2, 0.25) is 5.88 Å². The van der Waals surface area contributed by atoms with E-state index in [-0.39, 0.29) is 0 Å². The summed E-state index contributed by atoms with van der Waals surface area (Å²) in [7, 11) is 1.85. The molecule has 1 N–H and O–H groups in total. The Kier molecular flexibility index (Phi) is 5.18. The maximum atomic E-state index is 5.87. The van der Waals surface area contributed by atoms with Gasteiger partial charge < -0.3 is 10.1 Å². The van der Waals surface area contributed by atoms with E-state index in [1.54, 1.807) is 0 Å². The van der Waals surface area contributed by atoms with Gasteiger partial charge in [0.25, 0.3) is 0 Å². The van der Waals surface area contributed by atoms with Gasteiger partial charge in [-0.1, -0.05) is 37.1 Å². The summed E-state index contributed by atoms with van der Waals surface area (Å²) >= 11 is 5.87. The van der Waals surface area contributed by atoms with Crippen LogP contribution in [0.4, 0.5) is 5.82 Å². The zero-order chi connectivity index (χ0) is 14.4. The number of hydrogen-bond acceptors (Lipinski definition) is 4. The number of halogens is 1. The fraction of sp³-hybridized carbons (Fsp3) is 0.333. The van der Waals surface area contributed by atoms with Crippen molar-refractivity contribution >= 4 is 17.4 Å².